The van der Waals surface area contributed by atoms with E-state index in [0.29, 0.717) is 25.3 Å². The highest BCUT2D eigenvalue weighted by molar-refractivity contribution is 5.98. The normalized spacial score (nSPS) is 10.4. The molecule has 0 saturated carbocycles. The Hall–Kier alpha value is -2.80. The maximum atomic E-state index is 12.5. The summed E-state index contributed by atoms with van der Waals surface area (Å²) in [4.78, 5) is 34.4. The Morgan fingerprint density at radius 1 is 1.19 bits per heavy atom. The standard InChI is InChI=1S/C19H24N4O3/c1-23(12-7-15-4-9-20-10-5-15)19(25)17-14-16(6-11-21-17)18(24)22-8-3-13-26-2/h4-6,9-11,14H,3,7-8,12-13H2,1-2H3,(H,22,24). The maximum Gasteiger partial charge on any atom is 0.272 e. The average Bonchev–Trinajstić information content (AvgIpc) is 2.69. The first-order valence-corrected chi connectivity index (χ1v) is 8.49. The van der Waals surface area contributed by atoms with E-state index >= 15 is 0 Å². The number of carbonyl (C=O) groups excluding carboxylic acids is 2. The van der Waals surface area contributed by atoms with Crippen LogP contribution in [0.4, 0.5) is 0 Å². The van der Waals surface area contributed by atoms with E-state index in [1.165, 1.54) is 12.3 Å². The van der Waals surface area contributed by atoms with Crippen LogP contribution in [-0.4, -0.2) is 60.5 Å². The molecular weight excluding hydrogens is 332 g/mol. The predicted octanol–water partition coefficient (Wildman–Crippen LogP) is 1.56. The van der Waals surface area contributed by atoms with E-state index in [2.05, 4.69) is 15.3 Å². The molecule has 0 aliphatic heterocycles. The molecule has 2 aromatic rings. The first-order valence-electron chi connectivity index (χ1n) is 8.49. The molecule has 0 saturated heterocycles. The Balaban J connectivity index is 1.92. The lowest BCUT2D eigenvalue weighted by Crippen LogP contribution is -2.30. The van der Waals surface area contributed by atoms with Crippen molar-refractivity contribution in [1.29, 1.82) is 0 Å². The lowest BCUT2D eigenvalue weighted by atomic mass is 10.1. The van der Waals surface area contributed by atoms with Crippen molar-refractivity contribution in [2.45, 2.75) is 12.8 Å². The number of aromatic nitrogens is 2. The highest BCUT2D eigenvalue weighted by Gasteiger charge is 2.15. The minimum absolute atomic E-state index is 0.215. The Labute approximate surface area is 153 Å². The number of pyridine rings is 2. The Morgan fingerprint density at radius 2 is 1.96 bits per heavy atom. The molecule has 0 atom stereocenters. The molecule has 0 spiro atoms. The van der Waals surface area contributed by atoms with Crippen LogP contribution in [-0.2, 0) is 11.2 Å². The maximum absolute atomic E-state index is 12.5. The molecule has 26 heavy (non-hydrogen) atoms. The summed E-state index contributed by atoms with van der Waals surface area (Å²) in [7, 11) is 3.34. The average molecular weight is 356 g/mol. The quantitative estimate of drug-likeness (QED) is 0.689. The SMILES string of the molecule is COCCCNC(=O)c1ccnc(C(=O)N(C)CCc2ccncc2)c1. The van der Waals surface area contributed by atoms with Gasteiger partial charge >= 0.3 is 0 Å². The van der Waals surface area contributed by atoms with Crippen LogP contribution in [0.2, 0.25) is 0 Å². The molecule has 7 heteroatoms. The highest BCUT2D eigenvalue weighted by atomic mass is 16.5. The van der Waals surface area contributed by atoms with Crippen molar-refractivity contribution in [3.8, 4) is 0 Å². The van der Waals surface area contributed by atoms with Gasteiger partial charge < -0.3 is 15.0 Å². The fraction of sp³-hybridized carbons (Fsp3) is 0.368. The Morgan fingerprint density at radius 3 is 2.69 bits per heavy atom. The van der Waals surface area contributed by atoms with Gasteiger partial charge in [0.25, 0.3) is 11.8 Å². The molecule has 0 aromatic carbocycles. The van der Waals surface area contributed by atoms with Crippen molar-refractivity contribution < 1.29 is 14.3 Å². The van der Waals surface area contributed by atoms with Crippen molar-refractivity contribution in [1.82, 2.24) is 20.2 Å². The van der Waals surface area contributed by atoms with Crippen LogP contribution < -0.4 is 5.32 Å². The van der Waals surface area contributed by atoms with Crippen molar-refractivity contribution in [3.05, 3.63) is 59.7 Å². The third kappa shape index (κ3) is 5.93. The predicted molar refractivity (Wildman–Crippen MR) is 98.0 cm³/mol. The number of methoxy groups -OCH3 is 1. The third-order valence-electron chi connectivity index (χ3n) is 3.88. The van der Waals surface area contributed by atoms with Gasteiger partial charge in [-0.25, -0.2) is 0 Å². The van der Waals surface area contributed by atoms with E-state index in [-0.39, 0.29) is 17.5 Å². The molecule has 0 aliphatic carbocycles. The summed E-state index contributed by atoms with van der Waals surface area (Å²) in [6.07, 6.45) is 6.40. The van der Waals surface area contributed by atoms with Gasteiger partial charge in [-0.05, 0) is 42.7 Å². The molecule has 2 aromatic heterocycles. The molecule has 0 fully saturated rings. The zero-order valence-corrected chi connectivity index (χ0v) is 15.1. The fourth-order valence-electron chi connectivity index (χ4n) is 2.35. The van der Waals surface area contributed by atoms with Crippen LogP contribution in [0.3, 0.4) is 0 Å². The van der Waals surface area contributed by atoms with E-state index in [4.69, 9.17) is 4.74 Å². The summed E-state index contributed by atoms with van der Waals surface area (Å²) in [5.74, 6) is -0.440. The molecule has 0 radical (unpaired) electrons. The van der Waals surface area contributed by atoms with Gasteiger partial charge in [0, 0.05) is 58.0 Å². The van der Waals surface area contributed by atoms with Crippen LogP contribution in [0.5, 0.6) is 0 Å². The third-order valence-corrected chi connectivity index (χ3v) is 3.88. The molecule has 2 amide bonds. The molecular formula is C19H24N4O3. The molecule has 138 valence electrons. The number of carbonyl (C=O) groups is 2. The molecule has 0 bridgehead atoms. The number of ether oxygens (including phenoxy) is 1. The minimum Gasteiger partial charge on any atom is -0.385 e. The molecule has 1 N–H and O–H groups in total. The monoisotopic (exact) mass is 356 g/mol. The number of amides is 2. The summed E-state index contributed by atoms with van der Waals surface area (Å²) in [5, 5.41) is 2.80. The van der Waals surface area contributed by atoms with Gasteiger partial charge in [0.2, 0.25) is 0 Å². The van der Waals surface area contributed by atoms with Gasteiger partial charge in [0.1, 0.15) is 5.69 Å². The second-order valence-corrected chi connectivity index (χ2v) is 5.86. The summed E-state index contributed by atoms with van der Waals surface area (Å²) in [6.45, 7) is 1.66. The number of hydrogen-bond donors (Lipinski definition) is 1. The van der Waals surface area contributed by atoms with Gasteiger partial charge in [-0.3, -0.25) is 19.6 Å². The van der Waals surface area contributed by atoms with E-state index in [1.54, 1.807) is 37.5 Å². The van der Waals surface area contributed by atoms with Crippen LogP contribution in [0.15, 0.2) is 42.9 Å². The van der Waals surface area contributed by atoms with Crippen LogP contribution >= 0.6 is 0 Å². The lowest BCUT2D eigenvalue weighted by molar-refractivity contribution is 0.0791. The highest BCUT2D eigenvalue weighted by Crippen LogP contribution is 2.06. The second-order valence-electron chi connectivity index (χ2n) is 5.86. The van der Waals surface area contributed by atoms with E-state index in [0.717, 1.165) is 18.4 Å². The second kappa shape index (κ2) is 10.2. The van der Waals surface area contributed by atoms with Gasteiger partial charge in [-0.1, -0.05) is 0 Å². The Bertz CT molecular complexity index is 722. The summed E-state index contributed by atoms with van der Waals surface area (Å²) >= 11 is 0. The topological polar surface area (TPSA) is 84.4 Å². The molecule has 2 rings (SSSR count). The van der Waals surface area contributed by atoms with E-state index in [1.807, 2.05) is 12.1 Å². The largest absolute Gasteiger partial charge is 0.385 e. The summed E-state index contributed by atoms with van der Waals surface area (Å²) in [5.41, 5.74) is 1.78. The van der Waals surface area contributed by atoms with Crippen molar-refractivity contribution >= 4 is 11.8 Å². The first-order chi connectivity index (χ1) is 12.6. The smallest absolute Gasteiger partial charge is 0.272 e. The van der Waals surface area contributed by atoms with E-state index < -0.39 is 0 Å². The fourth-order valence-corrected chi connectivity index (χ4v) is 2.35. The Kier molecular flexibility index (Phi) is 7.70. The van der Waals surface area contributed by atoms with Gasteiger partial charge in [-0.2, -0.15) is 0 Å². The number of nitrogens with one attached hydrogen (secondary N) is 1. The van der Waals surface area contributed by atoms with Crippen molar-refractivity contribution in [2.75, 3.05) is 33.9 Å². The zero-order valence-electron chi connectivity index (χ0n) is 15.1. The van der Waals surface area contributed by atoms with Crippen molar-refractivity contribution in [2.24, 2.45) is 0 Å². The van der Waals surface area contributed by atoms with Gasteiger partial charge in [0.05, 0.1) is 0 Å². The summed E-state index contributed by atoms with van der Waals surface area (Å²) in [6, 6.07) is 6.96. The number of hydrogen-bond acceptors (Lipinski definition) is 5. The molecule has 2 heterocycles. The van der Waals surface area contributed by atoms with E-state index in [9.17, 15) is 9.59 Å². The minimum atomic E-state index is -0.225. The molecule has 0 aliphatic rings. The summed E-state index contributed by atoms with van der Waals surface area (Å²) < 4.78 is 4.95. The lowest BCUT2D eigenvalue weighted by Gasteiger charge is -2.17. The zero-order chi connectivity index (χ0) is 18.8. The number of nitrogens with zero attached hydrogens (tertiary/aromatic N) is 3. The number of likely N-dealkylation sites (N-methyl/N-ethyl adjacent to an activating group) is 1. The molecule has 7 nitrogen and oxygen atoms in total. The van der Waals surface area contributed by atoms with Gasteiger partial charge in [0.15, 0.2) is 0 Å². The number of rotatable bonds is 9. The van der Waals surface area contributed by atoms with Crippen molar-refractivity contribution in [3.63, 3.8) is 0 Å². The van der Waals surface area contributed by atoms with Crippen LogP contribution in [0, 0.1) is 0 Å². The van der Waals surface area contributed by atoms with Crippen LogP contribution in [0.1, 0.15) is 32.8 Å². The van der Waals surface area contributed by atoms with Crippen LogP contribution in [0.25, 0.3) is 0 Å². The first kappa shape index (κ1) is 19.5. The van der Waals surface area contributed by atoms with Gasteiger partial charge in [-0.15, -0.1) is 0 Å². The molecule has 0 unspecified atom stereocenters.